The Bertz CT molecular complexity index is 745. The van der Waals surface area contributed by atoms with Gasteiger partial charge in [-0.05, 0) is 24.6 Å². The van der Waals surface area contributed by atoms with E-state index >= 15 is 0 Å². The molecule has 0 amide bonds. The molecule has 8 heteroatoms. The van der Waals surface area contributed by atoms with Gasteiger partial charge in [0, 0.05) is 6.54 Å². The first-order valence-electron chi connectivity index (χ1n) is 6.49. The standard InChI is InChI=1S/C14H14ClN3O4/c1-2-22-13(20)9-7-17-14(21)18-12(9)16-6-8-3-4-11(19)10(15)5-8/h3-5,7,19H,2,6H2,1H3,(H2,16,17,18,21). The van der Waals surface area contributed by atoms with Crippen molar-refractivity contribution in [3.8, 4) is 5.75 Å². The van der Waals surface area contributed by atoms with Crippen LogP contribution in [-0.4, -0.2) is 27.7 Å². The van der Waals surface area contributed by atoms with E-state index in [0.29, 0.717) is 0 Å². The van der Waals surface area contributed by atoms with Crippen LogP contribution in [0, 0.1) is 0 Å². The average Bonchev–Trinajstić information content (AvgIpc) is 2.49. The van der Waals surface area contributed by atoms with Crippen molar-refractivity contribution in [2.45, 2.75) is 13.5 Å². The number of hydrogen-bond donors (Lipinski definition) is 3. The molecule has 0 aliphatic heterocycles. The highest BCUT2D eigenvalue weighted by Crippen LogP contribution is 2.24. The van der Waals surface area contributed by atoms with Crippen LogP contribution in [-0.2, 0) is 11.3 Å². The first-order chi connectivity index (χ1) is 10.5. The van der Waals surface area contributed by atoms with Gasteiger partial charge < -0.3 is 15.2 Å². The summed E-state index contributed by atoms with van der Waals surface area (Å²) in [7, 11) is 0. The van der Waals surface area contributed by atoms with E-state index in [0.717, 1.165) is 11.8 Å². The molecule has 3 N–H and O–H groups in total. The summed E-state index contributed by atoms with van der Waals surface area (Å²) < 4.78 is 4.90. The zero-order valence-electron chi connectivity index (χ0n) is 11.7. The lowest BCUT2D eigenvalue weighted by Gasteiger charge is -2.10. The summed E-state index contributed by atoms with van der Waals surface area (Å²) in [6.45, 7) is 2.18. The van der Waals surface area contributed by atoms with E-state index in [9.17, 15) is 14.7 Å². The number of phenols is 1. The molecule has 0 saturated heterocycles. The van der Waals surface area contributed by atoms with Gasteiger partial charge in [-0.2, -0.15) is 0 Å². The van der Waals surface area contributed by atoms with E-state index < -0.39 is 11.7 Å². The number of nitrogens with zero attached hydrogens (tertiary/aromatic N) is 1. The van der Waals surface area contributed by atoms with Crippen LogP contribution in [0.4, 0.5) is 5.82 Å². The Balaban J connectivity index is 2.21. The smallest absolute Gasteiger partial charge is 0.346 e. The highest BCUT2D eigenvalue weighted by atomic mass is 35.5. The maximum atomic E-state index is 11.8. The van der Waals surface area contributed by atoms with Gasteiger partial charge in [-0.3, -0.25) is 4.98 Å². The van der Waals surface area contributed by atoms with Crippen molar-refractivity contribution in [1.82, 2.24) is 9.97 Å². The fraction of sp³-hybridized carbons (Fsp3) is 0.214. The summed E-state index contributed by atoms with van der Waals surface area (Å²) in [4.78, 5) is 29.1. The van der Waals surface area contributed by atoms with Crippen molar-refractivity contribution in [1.29, 1.82) is 0 Å². The second kappa shape index (κ2) is 6.95. The normalized spacial score (nSPS) is 10.3. The van der Waals surface area contributed by atoms with Crippen LogP contribution in [0.2, 0.25) is 5.02 Å². The predicted molar refractivity (Wildman–Crippen MR) is 81.3 cm³/mol. The maximum absolute atomic E-state index is 11.8. The van der Waals surface area contributed by atoms with Crippen molar-refractivity contribution in [2.75, 3.05) is 11.9 Å². The third-order valence-electron chi connectivity index (χ3n) is 2.79. The van der Waals surface area contributed by atoms with Crippen LogP contribution in [0.5, 0.6) is 5.75 Å². The molecule has 0 saturated carbocycles. The Morgan fingerprint density at radius 2 is 2.27 bits per heavy atom. The van der Waals surface area contributed by atoms with Crippen LogP contribution in [0.3, 0.4) is 0 Å². The van der Waals surface area contributed by atoms with Crippen LogP contribution >= 0.6 is 11.6 Å². The molecule has 1 aromatic heterocycles. The van der Waals surface area contributed by atoms with Gasteiger partial charge in [0.2, 0.25) is 0 Å². The molecule has 22 heavy (non-hydrogen) atoms. The van der Waals surface area contributed by atoms with E-state index in [1.165, 1.54) is 6.07 Å². The number of aromatic amines is 1. The predicted octanol–water partition coefficient (Wildman–Crippen LogP) is 1.92. The highest BCUT2D eigenvalue weighted by molar-refractivity contribution is 6.32. The Kier molecular flexibility index (Phi) is 5.00. The van der Waals surface area contributed by atoms with Crippen LogP contribution in [0.25, 0.3) is 0 Å². The number of ether oxygens (including phenoxy) is 1. The molecule has 0 radical (unpaired) electrons. The Morgan fingerprint density at radius 1 is 1.50 bits per heavy atom. The minimum absolute atomic E-state index is 0.0186. The SMILES string of the molecule is CCOC(=O)c1cnc(=O)[nH]c1NCc1ccc(O)c(Cl)c1. The fourth-order valence-electron chi connectivity index (χ4n) is 1.75. The first kappa shape index (κ1) is 15.8. The molecule has 0 aliphatic rings. The molecule has 1 aromatic carbocycles. The van der Waals surface area contributed by atoms with Crippen LogP contribution in [0.1, 0.15) is 22.8 Å². The minimum atomic E-state index is -0.586. The molecule has 0 unspecified atom stereocenters. The Labute approximate surface area is 130 Å². The van der Waals surface area contributed by atoms with Gasteiger partial charge >= 0.3 is 11.7 Å². The molecule has 0 aliphatic carbocycles. The number of phenolic OH excluding ortho intramolecular Hbond substituents is 1. The lowest BCUT2D eigenvalue weighted by atomic mass is 10.2. The summed E-state index contributed by atoms with van der Waals surface area (Å²) >= 11 is 5.82. The Morgan fingerprint density at radius 3 is 2.95 bits per heavy atom. The van der Waals surface area contributed by atoms with Crippen molar-refractivity contribution >= 4 is 23.4 Å². The summed E-state index contributed by atoms with van der Waals surface area (Å²) in [6, 6.07) is 4.70. The first-order valence-corrected chi connectivity index (χ1v) is 6.86. The number of esters is 1. The van der Waals surface area contributed by atoms with Gasteiger partial charge in [0.25, 0.3) is 0 Å². The number of aromatic hydroxyl groups is 1. The van der Waals surface area contributed by atoms with E-state index in [4.69, 9.17) is 16.3 Å². The Hall–Kier alpha value is -2.54. The van der Waals surface area contributed by atoms with Gasteiger partial charge in [-0.15, -0.1) is 0 Å². The fourth-order valence-corrected chi connectivity index (χ4v) is 1.95. The molecule has 2 rings (SSSR count). The number of carbonyl (C=O) groups is 1. The molecule has 0 spiro atoms. The number of H-pyrrole nitrogens is 1. The molecule has 0 atom stereocenters. The zero-order chi connectivity index (χ0) is 16.1. The van der Waals surface area contributed by atoms with Crippen molar-refractivity contribution in [2.24, 2.45) is 0 Å². The third kappa shape index (κ3) is 3.76. The third-order valence-corrected chi connectivity index (χ3v) is 3.09. The molecule has 0 bridgehead atoms. The molecular weight excluding hydrogens is 310 g/mol. The molecule has 0 fully saturated rings. The number of rotatable bonds is 5. The number of benzene rings is 1. The van der Waals surface area contributed by atoms with E-state index in [-0.39, 0.29) is 35.3 Å². The topological polar surface area (TPSA) is 104 Å². The number of anilines is 1. The van der Waals surface area contributed by atoms with Gasteiger partial charge in [0.15, 0.2) is 0 Å². The average molecular weight is 324 g/mol. The molecular formula is C14H14ClN3O4. The summed E-state index contributed by atoms with van der Waals surface area (Å²) in [5.74, 6) is -0.393. The lowest BCUT2D eigenvalue weighted by Crippen LogP contribution is -2.19. The molecule has 1 heterocycles. The second-order valence-corrected chi connectivity index (χ2v) is 4.74. The minimum Gasteiger partial charge on any atom is -0.506 e. The van der Waals surface area contributed by atoms with Gasteiger partial charge in [0.1, 0.15) is 17.1 Å². The monoisotopic (exact) mass is 323 g/mol. The number of nitrogens with one attached hydrogen (secondary N) is 2. The van der Waals surface area contributed by atoms with Crippen molar-refractivity contribution < 1.29 is 14.6 Å². The maximum Gasteiger partial charge on any atom is 0.346 e. The summed E-state index contributed by atoms with van der Waals surface area (Å²) in [6.07, 6.45) is 1.16. The lowest BCUT2D eigenvalue weighted by molar-refractivity contribution is 0.0526. The zero-order valence-corrected chi connectivity index (χ0v) is 12.5. The molecule has 116 valence electrons. The van der Waals surface area contributed by atoms with E-state index in [2.05, 4.69) is 15.3 Å². The van der Waals surface area contributed by atoms with Crippen LogP contribution in [0.15, 0.2) is 29.2 Å². The quantitative estimate of drug-likeness (QED) is 0.726. The van der Waals surface area contributed by atoms with E-state index in [1.807, 2.05) is 0 Å². The van der Waals surface area contributed by atoms with Gasteiger partial charge in [-0.1, -0.05) is 17.7 Å². The number of hydrogen-bond acceptors (Lipinski definition) is 6. The summed E-state index contributed by atoms with van der Waals surface area (Å²) in [5.41, 5.74) is 0.306. The number of aromatic nitrogens is 2. The van der Waals surface area contributed by atoms with Crippen molar-refractivity contribution in [3.63, 3.8) is 0 Å². The second-order valence-electron chi connectivity index (χ2n) is 4.34. The molecule has 2 aromatic rings. The van der Waals surface area contributed by atoms with Crippen LogP contribution < -0.4 is 11.0 Å². The molecule has 7 nitrogen and oxygen atoms in total. The van der Waals surface area contributed by atoms with Gasteiger partial charge in [0.05, 0.1) is 17.8 Å². The summed E-state index contributed by atoms with van der Waals surface area (Å²) in [5, 5.41) is 12.5. The highest BCUT2D eigenvalue weighted by Gasteiger charge is 2.14. The van der Waals surface area contributed by atoms with Gasteiger partial charge in [-0.25, -0.2) is 14.6 Å². The van der Waals surface area contributed by atoms with Crippen molar-refractivity contribution in [3.05, 3.63) is 51.0 Å². The number of carbonyl (C=O) groups excluding carboxylic acids is 1. The largest absolute Gasteiger partial charge is 0.506 e. The van der Waals surface area contributed by atoms with E-state index in [1.54, 1.807) is 19.1 Å². The number of halogens is 1.